The Morgan fingerprint density at radius 3 is 2.52 bits per heavy atom. The first-order valence-corrected chi connectivity index (χ1v) is 9.26. The number of hydrogen-bond donors (Lipinski definition) is 1. The van der Waals surface area contributed by atoms with Crippen LogP contribution in [0, 0.1) is 0 Å². The number of para-hydroxylation sites is 2. The van der Waals surface area contributed by atoms with Crippen molar-refractivity contribution in [1.82, 2.24) is 4.98 Å². The molecule has 0 fully saturated rings. The van der Waals surface area contributed by atoms with Crippen LogP contribution in [0.3, 0.4) is 0 Å². The average Bonchev–Trinajstić information content (AvgIpc) is 3.16. The molecular weight excluding hydrogens is 364 g/mol. The van der Waals surface area contributed by atoms with Gasteiger partial charge in [-0.25, -0.2) is 4.98 Å². The molecule has 1 aromatic heterocycles. The number of ether oxygens (including phenoxy) is 1. The molecular formula is C24H20N2O3. The Morgan fingerprint density at radius 1 is 1.03 bits per heavy atom. The first-order chi connectivity index (χ1) is 14.2. The van der Waals surface area contributed by atoms with E-state index in [9.17, 15) is 4.79 Å². The van der Waals surface area contributed by atoms with Gasteiger partial charge < -0.3 is 14.5 Å². The van der Waals surface area contributed by atoms with Crippen LogP contribution in [0.2, 0.25) is 0 Å². The van der Waals surface area contributed by atoms with Crippen LogP contribution in [0.25, 0.3) is 17.2 Å². The third-order valence-corrected chi connectivity index (χ3v) is 4.46. The molecule has 0 aliphatic rings. The van der Waals surface area contributed by atoms with Crippen molar-refractivity contribution >= 4 is 28.8 Å². The highest BCUT2D eigenvalue weighted by molar-refractivity contribution is 6.01. The molecule has 5 nitrogen and oxygen atoms in total. The van der Waals surface area contributed by atoms with Crippen molar-refractivity contribution < 1.29 is 13.9 Å². The molecule has 0 aliphatic heterocycles. The molecule has 4 rings (SSSR count). The van der Waals surface area contributed by atoms with E-state index in [0.717, 1.165) is 33.7 Å². The summed E-state index contributed by atoms with van der Waals surface area (Å²) in [5.74, 6) is 1.27. The number of benzene rings is 3. The number of anilines is 1. The van der Waals surface area contributed by atoms with Gasteiger partial charge in [-0.3, -0.25) is 4.79 Å². The standard InChI is InChI=1S/C24H20N2O3/c1-28-20-13-8-17(9-14-20)10-15-23(27)25-19-11-6-18(7-12-19)16-24-26-21-4-2-3-5-22(21)29-24/h2-15H,16H2,1H3,(H,25,27)/b15-10+. The number of nitrogens with zero attached hydrogens (tertiary/aromatic N) is 1. The second kappa shape index (κ2) is 8.44. The molecule has 144 valence electrons. The van der Waals surface area contributed by atoms with Crippen molar-refractivity contribution in [1.29, 1.82) is 0 Å². The summed E-state index contributed by atoms with van der Waals surface area (Å²) in [6.07, 6.45) is 3.87. The minimum absolute atomic E-state index is 0.187. The second-order valence-electron chi connectivity index (χ2n) is 6.54. The fraction of sp³-hybridized carbons (Fsp3) is 0.0833. The number of carbonyl (C=O) groups excluding carboxylic acids is 1. The molecule has 29 heavy (non-hydrogen) atoms. The summed E-state index contributed by atoms with van der Waals surface area (Å²) in [5, 5.41) is 2.86. The summed E-state index contributed by atoms with van der Waals surface area (Å²) >= 11 is 0. The van der Waals surface area contributed by atoms with Crippen LogP contribution in [0.4, 0.5) is 5.69 Å². The molecule has 0 aliphatic carbocycles. The summed E-state index contributed by atoms with van der Waals surface area (Å²) in [6, 6.07) is 22.9. The number of nitrogens with one attached hydrogen (secondary N) is 1. The first-order valence-electron chi connectivity index (χ1n) is 9.26. The average molecular weight is 384 g/mol. The van der Waals surface area contributed by atoms with E-state index in [2.05, 4.69) is 10.3 Å². The number of aromatic nitrogens is 1. The number of oxazole rings is 1. The maximum absolute atomic E-state index is 12.1. The normalized spacial score (nSPS) is 11.1. The Balaban J connectivity index is 1.35. The Bertz CT molecular complexity index is 1110. The maximum atomic E-state index is 12.1. The lowest BCUT2D eigenvalue weighted by atomic mass is 10.1. The molecule has 0 radical (unpaired) electrons. The number of fused-ring (bicyclic) bond motifs is 1. The predicted molar refractivity (Wildman–Crippen MR) is 114 cm³/mol. The predicted octanol–water partition coefficient (Wildman–Crippen LogP) is 5.08. The number of hydrogen-bond acceptors (Lipinski definition) is 4. The van der Waals surface area contributed by atoms with Crippen molar-refractivity contribution in [3.05, 3.63) is 95.9 Å². The quantitative estimate of drug-likeness (QED) is 0.471. The van der Waals surface area contributed by atoms with E-state index < -0.39 is 0 Å². The smallest absolute Gasteiger partial charge is 0.248 e. The van der Waals surface area contributed by atoms with Gasteiger partial charge in [-0.15, -0.1) is 0 Å². The first kappa shape index (κ1) is 18.5. The molecule has 3 aromatic carbocycles. The summed E-state index contributed by atoms with van der Waals surface area (Å²) in [7, 11) is 1.62. The third kappa shape index (κ3) is 4.71. The molecule has 4 aromatic rings. The summed E-state index contributed by atoms with van der Waals surface area (Å²) in [6.45, 7) is 0. The van der Waals surface area contributed by atoms with E-state index in [1.807, 2.05) is 72.8 Å². The number of rotatable bonds is 6. The van der Waals surface area contributed by atoms with Crippen molar-refractivity contribution in [2.75, 3.05) is 12.4 Å². The highest BCUT2D eigenvalue weighted by Gasteiger charge is 2.06. The zero-order valence-corrected chi connectivity index (χ0v) is 16.0. The van der Waals surface area contributed by atoms with E-state index in [4.69, 9.17) is 9.15 Å². The maximum Gasteiger partial charge on any atom is 0.248 e. The fourth-order valence-corrected chi connectivity index (χ4v) is 2.95. The van der Waals surface area contributed by atoms with Crippen molar-refractivity contribution in [2.45, 2.75) is 6.42 Å². The molecule has 0 bridgehead atoms. The SMILES string of the molecule is COc1ccc(/C=C/C(=O)Nc2ccc(Cc3nc4ccccc4o3)cc2)cc1. The molecule has 0 spiro atoms. The topological polar surface area (TPSA) is 64.4 Å². The Kier molecular flexibility index (Phi) is 5.38. The van der Waals surface area contributed by atoms with Gasteiger partial charge in [0.05, 0.1) is 7.11 Å². The lowest BCUT2D eigenvalue weighted by Gasteiger charge is -2.04. The molecule has 0 unspecified atom stereocenters. The van der Waals surface area contributed by atoms with Crippen LogP contribution in [0.15, 0.2) is 83.3 Å². The van der Waals surface area contributed by atoms with Gasteiger partial charge in [0, 0.05) is 18.2 Å². The van der Waals surface area contributed by atoms with E-state index in [0.29, 0.717) is 12.3 Å². The van der Waals surface area contributed by atoms with Crippen LogP contribution in [0.5, 0.6) is 5.75 Å². The summed E-state index contributed by atoms with van der Waals surface area (Å²) in [5.41, 5.74) is 4.36. The van der Waals surface area contributed by atoms with E-state index in [1.165, 1.54) is 6.08 Å². The van der Waals surface area contributed by atoms with Gasteiger partial charge >= 0.3 is 0 Å². The Morgan fingerprint density at radius 2 is 1.79 bits per heavy atom. The van der Waals surface area contributed by atoms with Crippen LogP contribution in [-0.4, -0.2) is 18.0 Å². The molecule has 5 heteroatoms. The van der Waals surface area contributed by atoms with Crippen molar-refractivity contribution in [3.63, 3.8) is 0 Å². The minimum Gasteiger partial charge on any atom is -0.497 e. The van der Waals surface area contributed by atoms with E-state index in [-0.39, 0.29) is 5.91 Å². The molecule has 1 heterocycles. The number of carbonyl (C=O) groups is 1. The number of methoxy groups -OCH3 is 1. The highest BCUT2D eigenvalue weighted by Crippen LogP contribution is 2.19. The van der Waals surface area contributed by atoms with Gasteiger partial charge in [0.15, 0.2) is 11.5 Å². The van der Waals surface area contributed by atoms with Gasteiger partial charge in [-0.1, -0.05) is 36.4 Å². The summed E-state index contributed by atoms with van der Waals surface area (Å²) < 4.78 is 10.9. The third-order valence-electron chi connectivity index (χ3n) is 4.46. The Hall–Kier alpha value is -3.86. The lowest BCUT2D eigenvalue weighted by Crippen LogP contribution is -2.07. The second-order valence-corrected chi connectivity index (χ2v) is 6.54. The van der Waals surface area contributed by atoms with Crippen LogP contribution in [-0.2, 0) is 11.2 Å². The largest absolute Gasteiger partial charge is 0.497 e. The van der Waals surface area contributed by atoms with Crippen molar-refractivity contribution in [2.24, 2.45) is 0 Å². The van der Waals surface area contributed by atoms with Gasteiger partial charge in [0.2, 0.25) is 5.91 Å². The Labute approximate surface area is 168 Å². The van der Waals surface area contributed by atoms with Gasteiger partial charge in [-0.2, -0.15) is 0 Å². The minimum atomic E-state index is -0.187. The molecule has 1 amide bonds. The van der Waals surface area contributed by atoms with E-state index in [1.54, 1.807) is 13.2 Å². The molecule has 0 saturated heterocycles. The zero-order chi connectivity index (χ0) is 20.1. The van der Waals surface area contributed by atoms with Gasteiger partial charge in [0.1, 0.15) is 11.3 Å². The molecule has 1 N–H and O–H groups in total. The van der Waals surface area contributed by atoms with Crippen molar-refractivity contribution in [3.8, 4) is 5.75 Å². The monoisotopic (exact) mass is 384 g/mol. The fourth-order valence-electron chi connectivity index (χ4n) is 2.95. The van der Waals surface area contributed by atoms with Crippen LogP contribution in [0.1, 0.15) is 17.0 Å². The lowest BCUT2D eigenvalue weighted by molar-refractivity contribution is -0.111. The van der Waals surface area contributed by atoms with Crippen LogP contribution >= 0.6 is 0 Å². The van der Waals surface area contributed by atoms with Gasteiger partial charge in [-0.05, 0) is 53.6 Å². The molecule has 0 saturated carbocycles. The summed E-state index contributed by atoms with van der Waals surface area (Å²) in [4.78, 5) is 16.6. The zero-order valence-electron chi connectivity index (χ0n) is 16.0. The highest BCUT2D eigenvalue weighted by atomic mass is 16.5. The molecule has 0 atom stereocenters. The van der Waals surface area contributed by atoms with Gasteiger partial charge in [0.25, 0.3) is 0 Å². The van der Waals surface area contributed by atoms with E-state index >= 15 is 0 Å². The number of amides is 1. The van der Waals surface area contributed by atoms with Crippen LogP contribution < -0.4 is 10.1 Å².